The average Bonchev–Trinajstić information content (AvgIpc) is 3.12. The molecule has 0 aliphatic carbocycles. The smallest absolute Gasteiger partial charge is 0.359 e. The van der Waals surface area contributed by atoms with Crippen molar-refractivity contribution in [3.8, 4) is 11.6 Å². The van der Waals surface area contributed by atoms with Crippen LogP contribution in [0.1, 0.15) is 46.8 Å². The van der Waals surface area contributed by atoms with E-state index < -0.39 is 18.0 Å². The molecule has 0 bridgehead atoms. The van der Waals surface area contributed by atoms with Crippen LogP contribution in [0.15, 0.2) is 42.5 Å². The van der Waals surface area contributed by atoms with Crippen LogP contribution in [-0.2, 0) is 9.53 Å². The maximum Gasteiger partial charge on any atom is 0.359 e. The fourth-order valence-corrected chi connectivity index (χ4v) is 3.79. The van der Waals surface area contributed by atoms with Gasteiger partial charge in [0.15, 0.2) is 17.6 Å². The summed E-state index contributed by atoms with van der Waals surface area (Å²) in [6, 6.07) is 12.4. The summed E-state index contributed by atoms with van der Waals surface area (Å²) in [6.45, 7) is 5.76. The first-order valence-corrected chi connectivity index (χ1v) is 10.6. The van der Waals surface area contributed by atoms with Crippen molar-refractivity contribution in [3.63, 3.8) is 0 Å². The SMILES string of the molecule is Cc1cc(C)n(-c2ccc(Cl)c(C(=O)OC(C)C(=O)NC3CCOc4ccccc43)n2)n1. The van der Waals surface area contributed by atoms with Gasteiger partial charge in [0.05, 0.1) is 23.4 Å². The number of ether oxygens (including phenoxy) is 2. The molecule has 9 heteroatoms. The van der Waals surface area contributed by atoms with Crippen molar-refractivity contribution < 1.29 is 19.1 Å². The zero-order chi connectivity index (χ0) is 22.8. The molecule has 1 aromatic carbocycles. The molecule has 4 rings (SSSR count). The maximum absolute atomic E-state index is 12.7. The molecule has 3 aromatic rings. The Kier molecular flexibility index (Phi) is 6.14. The molecule has 0 saturated heterocycles. The van der Waals surface area contributed by atoms with Crippen LogP contribution in [0.3, 0.4) is 0 Å². The van der Waals surface area contributed by atoms with Gasteiger partial charge in [0.25, 0.3) is 5.91 Å². The summed E-state index contributed by atoms with van der Waals surface area (Å²) in [5.41, 5.74) is 2.50. The van der Waals surface area contributed by atoms with Gasteiger partial charge < -0.3 is 14.8 Å². The Hall–Kier alpha value is -3.39. The second kappa shape index (κ2) is 9.00. The normalized spacial score (nSPS) is 15.9. The molecule has 0 saturated carbocycles. The van der Waals surface area contributed by atoms with E-state index in [0.29, 0.717) is 18.8 Å². The first-order valence-electron chi connectivity index (χ1n) is 10.3. The number of esters is 1. The standard InChI is InChI=1S/C23H23ClN4O4/c1-13-12-14(2)28(27-13)20-9-8-17(24)21(26-20)23(30)32-15(3)22(29)25-18-10-11-31-19-7-5-4-6-16(18)19/h4-9,12,15,18H,10-11H2,1-3H3,(H,25,29). The number of aromatic nitrogens is 3. The van der Waals surface area contributed by atoms with E-state index in [9.17, 15) is 9.59 Å². The lowest BCUT2D eigenvalue weighted by atomic mass is 10.0. The molecular formula is C23H23ClN4O4. The van der Waals surface area contributed by atoms with E-state index in [4.69, 9.17) is 21.1 Å². The van der Waals surface area contributed by atoms with Gasteiger partial charge in [-0.2, -0.15) is 5.10 Å². The summed E-state index contributed by atoms with van der Waals surface area (Å²) in [5.74, 6) is -0.0206. The third kappa shape index (κ3) is 4.45. The number of fused-ring (bicyclic) bond motifs is 1. The van der Waals surface area contributed by atoms with E-state index in [2.05, 4.69) is 15.4 Å². The van der Waals surface area contributed by atoms with Gasteiger partial charge in [0, 0.05) is 17.7 Å². The second-order valence-corrected chi connectivity index (χ2v) is 8.03. The van der Waals surface area contributed by atoms with Crippen molar-refractivity contribution in [3.05, 3.63) is 70.1 Å². The van der Waals surface area contributed by atoms with Crippen molar-refractivity contribution in [1.29, 1.82) is 0 Å². The molecule has 166 valence electrons. The molecule has 8 nitrogen and oxygen atoms in total. The van der Waals surface area contributed by atoms with Crippen LogP contribution in [0.2, 0.25) is 5.02 Å². The highest BCUT2D eigenvalue weighted by Crippen LogP contribution is 2.31. The number of rotatable bonds is 5. The predicted molar refractivity (Wildman–Crippen MR) is 118 cm³/mol. The number of carbonyl (C=O) groups is 2. The van der Waals surface area contributed by atoms with Crippen LogP contribution in [0.5, 0.6) is 5.75 Å². The van der Waals surface area contributed by atoms with Gasteiger partial charge in [-0.3, -0.25) is 4.79 Å². The molecule has 2 aromatic heterocycles. The molecule has 1 N–H and O–H groups in total. The van der Waals surface area contributed by atoms with Gasteiger partial charge >= 0.3 is 5.97 Å². The lowest BCUT2D eigenvalue weighted by Crippen LogP contribution is -2.39. The van der Waals surface area contributed by atoms with E-state index in [-0.39, 0.29) is 16.8 Å². The molecule has 0 radical (unpaired) electrons. The summed E-state index contributed by atoms with van der Waals surface area (Å²) in [4.78, 5) is 29.8. The Morgan fingerprint density at radius 2 is 2.03 bits per heavy atom. The molecule has 1 amide bonds. The number of amides is 1. The van der Waals surface area contributed by atoms with Crippen molar-refractivity contribution in [2.24, 2.45) is 0 Å². The van der Waals surface area contributed by atoms with Crippen molar-refractivity contribution in [2.75, 3.05) is 6.61 Å². The average molecular weight is 455 g/mol. The number of aryl methyl sites for hydroxylation is 2. The number of pyridine rings is 1. The minimum atomic E-state index is -1.03. The van der Waals surface area contributed by atoms with Gasteiger partial charge in [-0.05, 0) is 45.0 Å². The van der Waals surface area contributed by atoms with E-state index in [0.717, 1.165) is 22.7 Å². The van der Waals surface area contributed by atoms with E-state index in [1.54, 1.807) is 16.8 Å². The topological polar surface area (TPSA) is 95.3 Å². The van der Waals surface area contributed by atoms with E-state index in [1.165, 1.54) is 6.92 Å². The first kappa shape index (κ1) is 21.8. The number of benzene rings is 1. The fraction of sp³-hybridized carbons (Fsp3) is 0.304. The van der Waals surface area contributed by atoms with Crippen LogP contribution in [0, 0.1) is 13.8 Å². The molecule has 0 fully saturated rings. The molecular weight excluding hydrogens is 432 g/mol. The minimum absolute atomic E-state index is 0.0761. The molecule has 1 aliphatic heterocycles. The third-order valence-corrected chi connectivity index (χ3v) is 5.48. The molecule has 1 aliphatic rings. The highest BCUT2D eigenvalue weighted by atomic mass is 35.5. The Balaban J connectivity index is 1.46. The lowest BCUT2D eigenvalue weighted by Gasteiger charge is -2.27. The number of para-hydroxylation sites is 1. The molecule has 2 atom stereocenters. The van der Waals surface area contributed by atoms with Crippen molar-refractivity contribution >= 4 is 23.5 Å². The van der Waals surface area contributed by atoms with Crippen molar-refractivity contribution in [2.45, 2.75) is 39.3 Å². The van der Waals surface area contributed by atoms with Crippen LogP contribution >= 0.6 is 11.6 Å². The quantitative estimate of drug-likeness (QED) is 0.590. The largest absolute Gasteiger partial charge is 0.493 e. The summed E-state index contributed by atoms with van der Waals surface area (Å²) < 4.78 is 12.6. The number of nitrogens with one attached hydrogen (secondary N) is 1. The lowest BCUT2D eigenvalue weighted by molar-refractivity contribution is -0.130. The maximum atomic E-state index is 12.7. The molecule has 0 spiro atoms. The minimum Gasteiger partial charge on any atom is -0.493 e. The highest BCUT2D eigenvalue weighted by Gasteiger charge is 2.27. The number of carbonyl (C=O) groups excluding carboxylic acids is 2. The number of nitrogens with zero attached hydrogens (tertiary/aromatic N) is 3. The van der Waals surface area contributed by atoms with Gasteiger partial charge in [-0.1, -0.05) is 29.8 Å². The van der Waals surface area contributed by atoms with Crippen molar-refractivity contribution in [1.82, 2.24) is 20.1 Å². The summed E-state index contributed by atoms with van der Waals surface area (Å²) in [6.07, 6.45) is -0.408. The van der Waals surface area contributed by atoms with E-state index in [1.807, 2.05) is 44.2 Å². The van der Waals surface area contributed by atoms with E-state index >= 15 is 0 Å². The third-order valence-electron chi connectivity index (χ3n) is 5.18. The van der Waals surface area contributed by atoms with Gasteiger partial charge in [-0.15, -0.1) is 0 Å². The number of halogens is 1. The predicted octanol–water partition coefficient (Wildman–Crippen LogP) is 3.72. The monoisotopic (exact) mass is 454 g/mol. The Morgan fingerprint density at radius 1 is 1.25 bits per heavy atom. The first-order chi connectivity index (χ1) is 15.3. The molecule has 2 unspecified atom stereocenters. The van der Waals surface area contributed by atoms with Gasteiger partial charge in [0.1, 0.15) is 5.75 Å². The second-order valence-electron chi connectivity index (χ2n) is 7.62. The van der Waals surface area contributed by atoms with Gasteiger partial charge in [0.2, 0.25) is 0 Å². The van der Waals surface area contributed by atoms with Crippen LogP contribution in [0.25, 0.3) is 5.82 Å². The molecule has 32 heavy (non-hydrogen) atoms. The summed E-state index contributed by atoms with van der Waals surface area (Å²) in [7, 11) is 0. The Bertz CT molecular complexity index is 1180. The van der Waals surface area contributed by atoms with Crippen LogP contribution in [-0.4, -0.2) is 39.4 Å². The Morgan fingerprint density at radius 3 is 2.78 bits per heavy atom. The van der Waals surface area contributed by atoms with Crippen LogP contribution < -0.4 is 10.1 Å². The van der Waals surface area contributed by atoms with Gasteiger partial charge in [-0.25, -0.2) is 14.5 Å². The fourth-order valence-electron chi connectivity index (χ4n) is 3.60. The summed E-state index contributed by atoms with van der Waals surface area (Å²) in [5, 5.41) is 7.43. The highest BCUT2D eigenvalue weighted by molar-refractivity contribution is 6.33. The number of hydrogen-bond acceptors (Lipinski definition) is 6. The Labute approximate surface area is 190 Å². The van der Waals surface area contributed by atoms with Crippen LogP contribution in [0.4, 0.5) is 0 Å². The summed E-state index contributed by atoms with van der Waals surface area (Å²) >= 11 is 6.19. The molecule has 3 heterocycles. The number of hydrogen-bond donors (Lipinski definition) is 1. The zero-order valence-corrected chi connectivity index (χ0v) is 18.7. The zero-order valence-electron chi connectivity index (χ0n) is 18.0.